The average molecular weight is 317 g/mol. The number of hydrogen-bond donors (Lipinski definition) is 1. The zero-order valence-electron chi connectivity index (χ0n) is 12.8. The summed E-state index contributed by atoms with van der Waals surface area (Å²) in [6, 6.07) is 6.87. The van der Waals surface area contributed by atoms with Crippen molar-refractivity contribution in [2.45, 2.75) is 6.92 Å². The molecule has 0 unspecified atom stereocenters. The number of benzene rings is 1. The van der Waals surface area contributed by atoms with Gasteiger partial charge in [0.15, 0.2) is 0 Å². The van der Waals surface area contributed by atoms with E-state index in [4.69, 9.17) is 4.42 Å². The Kier molecular flexibility index (Phi) is 5.08. The highest BCUT2D eigenvalue weighted by Gasteiger charge is 2.13. The summed E-state index contributed by atoms with van der Waals surface area (Å²) >= 11 is 0. The second-order valence-corrected chi connectivity index (χ2v) is 4.40. The van der Waals surface area contributed by atoms with Crippen LogP contribution < -0.4 is 5.32 Å². The first-order valence-electron chi connectivity index (χ1n) is 6.59. The van der Waals surface area contributed by atoms with Crippen LogP contribution in [0.1, 0.15) is 5.89 Å². The van der Waals surface area contributed by atoms with Crippen LogP contribution in [0.15, 0.2) is 40.5 Å². The summed E-state index contributed by atoms with van der Waals surface area (Å²) in [5.74, 6) is -0.494. The fourth-order valence-corrected chi connectivity index (χ4v) is 1.70. The summed E-state index contributed by atoms with van der Waals surface area (Å²) in [6.07, 6.45) is 1.01. The molecule has 1 N–H and O–H groups in total. The minimum Gasteiger partial charge on any atom is -0.466 e. The molecule has 0 saturated carbocycles. The molecule has 0 saturated heterocycles. The second kappa shape index (κ2) is 7.21. The van der Waals surface area contributed by atoms with Crippen molar-refractivity contribution in [1.82, 2.24) is 10.2 Å². The number of esters is 2. The lowest BCUT2D eigenvalue weighted by molar-refractivity contribution is -0.138. The molecule has 120 valence electrons. The third-order valence-corrected chi connectivity index (χ3v) is 2.81. The fraction of sp³-hybridized carbons (Fsp3) is 0.200. The molecular weight excluding hydrogens is 302 g/mol. The Morgan fingerprint density at radius 1 is 1.13 bits per heavy atom. The van der Waals surface area contributed by atoms with E-state index in [1.807, 2.05) is 0 Å². The van der Waals surface area contributed by atoms with Crippen molar-refractivity contribution in [3.8, 4) is 11.5 Å². The van der Waals surface area contributed by atoms with Gasteiger partial charge in [-0.15, -0.1) is 10.2 Å². The second-order valence-electron chi connectivity index (χ2n) is 4.40. The summed E-state index contributed by atoms with van der Waals surface area (Å²) < 4.78 is 14.4. The monoisotopic (exact) mass is 317 g/mol. The van der Waals surface area contributed by atoms with E-state index in [1.165, 1.54) is 14.2 Å². The third kappa shape index (κ3) is 4.16. The summed E-state index contributed by atoms with van der Waals surface area (Å²) in [5.41, 5.74) is 1.26. The van der Waals surface area contributed by atoms with Gasteiger partial charge in [-0.1, -0.05) is 0 Å². The van der Waals surface area contributed by atoms with E-state index in [0.717, 1.165) is 11.6 Å². The summed E-state index contributed by atoms with van der Waals surface area (Å²) in [6.45, 7) is 1.70. The zero-order chi connectivity index (χ0) is 16.8. The number of nitrogens with one attached hydrogen (secondary N) is 1. The van der Waals surface area contributed by atoms with Gasteiger partial charge < -0.3 is 19.2 Å². The molecule has 0 fully saturated rings. The Morgan fingerprint density at radius 3 is 2.35 bits per heavy atom. The van der Waals surface area contributed by atoms with Gasteiger partial charge >= 0.3 is 11.9 Å². The van der Waals surface area contributed by atoms with Gasteiger partial charge in [-0.3, -0.25) is 0 Å². The first-order valence-corrected chi connectivity index (χ1v) is 6.59. The maximum Gasteiger partial charge on any atom is 0.354 e. The molecule has 8 nitrogen and oxygen atoms in total. The Morgan fingerprint density at radius 2 is 1.83 bits per heavy atom. The van der Waals surface area contributed by atoms with Crippen LogP contribution in [0.2, 0.25) is 0 Å². The maximum absolute atomic E-state index is 11.7. The lowest BCUT2D eigenvalue weighted by atomic mass is 10.2. The van der Waals surface area contributed by atoms with Crippen LogP contribution in [0.25, 0.3) is 11.5 Å². The van der Waals surface area contributed by atoms with Crippen LogP contribution in [0.3, 0.4) is 0 Å². The molecule has 8 heteroatoms. The van der Waals surface area contributed by atoms with E-state index >= 15 is 0 Å². The Bertz CT molecular complexity index is 734. The van der Waals surface area contributed by atoms with Gasteiger partial charge in [0.2, 0.25) is 11.8 Å². The fourth-order valence-electron chi connectivity index (χ4n) is 1.70. The van der Waals surface area contributed by atoms with E-state index < -0.39 is 11.9 Å². The molecule has 2 aromatic rings. The Balaban J connectivity index is 2.19. The topological polar surface area (TPSA) is 104 Å². The van der Waals surface area contributed by atoms with Crippen molar-refractivity contribution in [2.75, 3.05) is 19.5 Å². The van der Waals surface area contributed by atoms with E-state index in [1.54, 1.807) is 31.2 Å². The first kappa shape index (κ1) is 16.2. The average Bonchev–Trinajstić information content (AvgIpc) is 3.00. The zero-order valence-corrected chi connectivity index (χ0v) is 12.8. The van der Waals surface area contributed by atoms with E-state index in [0.29, 0.717) is 17.5 Å². The molecule has 2 rings (SSSR count). The van der Waals surface area contributed by atoms with Gasteiger partial charge in [0.1, 0.15) is 5.70 Å². The lowest BCUT2D eigenvalue weighted by Gasteiger charge is -2.09. The van der Waals surface area contributed by atoms with Crippen LogP contribution in [0.5, 0.6) is 0 Å². The highest BCUT2D eigenvalue weighted by atomic mass is 16.5. The number of rotatable bonds is 5. The molecular formula is C15H15N3O5. The Hall–Kier alpha value is -3.16. The highest BCUT2D eigenvalue weighted by Crippen LogP contribution is 2.21. The normalized spacial score (nSPS) is 11.0. The SMILES string of the molecule is COC(=O)/C=C(/Nc1ccc(-c2nnc(C)o2)cc1)C(=O)OC. The van der Waals surface area contributed by atoms with Crippen LogP contribution in [-0.4, -0.2) is 36.4 Å². The number of carbonyl (C=O) groups is 2. The van der Waals surface area contributed by atoms with E-state index in [2.05, 4.69) is 25.0 Å². The third-order valence-electron chi connectivity index (χ3n) is 2.81. The number of carbonyl (C=O) groups excluding carboxylic acids is 2. The minimum absolute atomic E-state index is 0.0410. The van der Waals surface area contributed by atoms with Crippen molar-refractivity contribution < 1.29 is 23.5 Å². The Labute approximate surface area is 132 Å². The number of methoxy groups -OCH3 is 2. The number of anilines is 1. The molecule has 1 heterocycles. The lowest BCUT2D eigenvalue weighted by Crippen LogP contribution is -2.15. The molecule has 1 aromatic heterocycles. The van der Waals surface area contributed by atoms with E-state index in [-0.39, 0.29) is 5.70 Å². The van der Waals surface area contributed by atoms with Crippen molar-refractivity contribution >= 4 is 17.6 Å². The molecule has 1 aromatic carbocycles. The molecule has 0 bridgehead atoms. The van der Waals surface area contributed by atoms with Gasteiger partial charge in [0.25, 0.3) is 0 Å². The molecule has 0 aliphatic heterocycles. The van der Waals surface area contributed by atoms with Gasteiger partial charge in [-0.2, -0.15) is 0 Å². The predicted octanol–water partition coefficient (Wildman–Crippen LogP) is 1.69. The van der Waals surface area contributed by atoms with Crippen molar-refractivity contribution in [3.05, 3.63) is 41.9 Å². The summed E-state index contributed by atoms with van der Waals surface area (Å²) in [7, 11) is 2.44. The smallest absolute Gasteiger partial charge is 0.354 e. The standard InChI is InChI=1S/C15H15N3O5/c1-9-17-18-14(23-9)10-4-6-11(7-5-10)16-12(15(20)22-3)8-13(19)21-2/h4-8,16H,1-3H3/b12-8+. The first-order chi connectivity index (χ1) is 11.0. The van der Waals surface area contributed by atoms with Gasteiger partial charge in [0, 0.05) is 18.2 Å². The van der Waals surface area contributed by atoms with Crippen molar-refractivity contribution in [1.29, 1.82) is 0 Å². The highest BCUT2D eigenvalue weighted by molar-refractivity contribution is 5.98. The molecule has 0 spiro atoms. The molecule has 0 aliphatic carbocycles. The predicted molar refractivity (Wildman–Crippen MR) is 80.2 cm³/mol. The molecule has 0 radical (unpaired) electrons. The minimum atomic E-state index is -0.688. The number of hydrogen-bond acceptors (Lipinski definition) is 8. The van der Waals surface area contributed by atoms with Crippen LogP contribution in [-0.2, 0) is 19.1 Å². The van der Waals surface area contributed by atoms with Crippen LogP contribution >= 0.6 is 0 Å². The quantitative estimate of drug-likeness (QED) is 0.656. The maximum atomic E-state index is 11.7. The van der Waals surface area contributed by atoms with Gasteiger partial charge in [-0.25, -0.2) is 9.59 Å². The number of aromatic nitrogens is 2. The molecule has 0 aliphatic rings. The largest absolute Gasteiger partial charge is 0.466 e. The molecule has 23 heavy (non-hydrogen) atoms. The van der Waals surface area contributed by atoms with Gasteiger partial charge in [-0.05, 0) is 24.3 Å². The van der Waals surface area contributed by atoms with E-state index in [9.17, 15) is 9.59 Å². The van der Waals surface area contributed by atoms with Crippen molar-refractivity contribution in [2.24, 2.45) is 0 Å². The van der Waals surface area contributed by atoms with Gasteiger partial charge in [0.05, 0.1) is 20.3 Å². The summed E-state index contributed by atoms with van der Waals surface area (Å²) in [5, 5.41) is 10.5. The number of nitrogens with zero attached hydrogens (tertiary/aromatic N) is 2. The molecule has 0 atom stereocenters. The van der Waals surface area contributed by atoms with Crippen LogP contribution in [0.4, 0.5) is 5.69 Å². The molecule has 0 amide bonds. The number of ether oxygens (including phenoxy) is 2. The number of aryl methyl sites for hydroxylation is 1. The van der Waals surface area contributed by atoms with Crippen molar-refractivity contribution in [3.63, 3.8) is 0 Å². The van der Waals surface area contributed by atoms with Crippen LogP contribution in [0, 0.1) is 6.92 Å². The summed E-state index contributed by atoms with van der Waals surface area (Å²) in [4.78, 5) is 23.0.